The van der Waals surface area contributed by atoms with Crippen LogP contribution in [0.1, 0.15) is 239 Å². The van der Waals surface area contributed by atoms with Gasteiger partial charge >= 0.3 is 13.8 Å². The summed E-state index contributed by atoms with van der Waals surface area (Å²) in [6, 6.07) is -0.859. The molecule has 1 amide bonds. The van der Waals surface area contributed by atoms with Crippen LogP contribution in [0.5, 0.6) is 0 Å². The standard InChI is InChI=1S/C57H105N2O7P/c1-7-10-13-16-19-22-25-27-28-29-30-32-35-38-41-44-47-50-57(61)66-55(48-45-42-39-36-33-24-21-18-15-12-9-3)54(53-65-67(62,63)64-52-51-59(4,5)6)58-56(60)49-46-43-40-37-34-31-26-23-20-17-14-11-8-2/h11,14,17,20,23,26-28,45,48,54-55H,7-10,12-13,15-16,18-19,21-22,24-25,29-44,46-47,49-53H2,1-6H3,(H-,58,60,62,63)/p+1/b14-11+,20-17+,26-23-,28-27+,48-45+. The molecule has 9 nitrogen and oxygen atoms in total. The Morgan fingerprint density at radius 3 is 1.46 bits per heavy atom. The van der Waals surface area contributed by atoms with Gasteiger partial charge in [0, 0.05) is 12.8 Å². The molecule has 0 radical (unpaired) electrons. The molecule has 0 aliphatic carbocycles. The highest BCUT2D eigenvalue weighted by atomic mass is 31.2. The number of carbonyl (C=O) groups excluding carboxylic acids is 2. The number of amides is 1. The number of phosphoric acid groups is 1. The monoisotopic (exact) mass is 962 g/mol. The maximum Gasteiger partial charge on any atom is 0.472 e. The number of phosphoric ester groups is 1. The number of allylic oxidation sites excluding steroid dienone is 9. The molecule has 0 aromatic heterocycles. The predicted molar refractivity (Wildman–Crippen MR) is 286 cm³/mol. The number of quaternary nitrogens is 1. The van der Waals surface area contributed by atoms with E-state index in [1.807, 2.05) is 39.4 Å². The van der Waals surface area contributed by atoms with E-state index in [9.17, 15) is 19.0 Å². The summed E-state index contributed by atoms with van der Waals surface area (Å²) in [5.41, 5.74) is 0. The summed E-state index contributed by atoms with van der Waals surface area (Å²) in [7, 11) is 1.47. The Hall–Kier alpha value is -2.29. The molecule has 0 aromatic rings. The van der Waals surface area contributed by atoms with Gasteiger partial charge < -0.3 is 19.4 Å². The van der Waals surface area contributed by atoms with Gasteiger partial charge in [0.15, 0.2) is 0 Å². The van der Waals surface area contributed by atoms with Crippen LogP contribution >= 0.6 is 7.82 Å². The van der Waals surface area contributed by atoms with Crippen molar-refractivity contribution in [2.75, 3.05) is 40.9 Å². The Balaban J connectivity index is 5.36. The van der Waals surface area contributed by atoms with Gasteiger partial charge in [-0.15, -0.1) is 0 Å². The fourth-order valence-electron chi connectivity index (χ4n) is 7.70. The number of ether oxygens (including phenoxy) is 1. The fraction of sp³-hybridized carbons (Fsp3) is 0.789. The molecule has 10 heteroatoms. The number of unbranched alkanes of at least 4 members (excludes halogenated alkanes) is 27. The van der Waals surface area contributed by atoms with E-state index in [2.05, 4.69) is 68.6 Å². The van der Waals surface area contributed by atoms with Gasteiger partial charge in [-0.3, -0.25) is 18.6 Å². The van der Waals surface area contributed by atoms with Crippen LogP contribution in [0, 0.1) is 0 Å². The lowest BCUT2D eigenvalue weighted by Gasteiger charge is -2.27. The van der Waals surface area contributed by atoms with Crippen molar-refractivity contribution in [3.8, 4) is 0 Å². The van der Waals surface area contributed by atoms with Gasteiger partial charge in [0.1, 0.15) is 19.3 Å². The van der Waals surface area contributed by atoms with Crippen molar-refractivity contribution in [3.63, 3.8) is 0 Å². The average molecular weight is 962 g/mol. The van der Waals surface area contributed by atoms with Crippen LogP contribution in [0.2, 0.25) is 0 Å². The molecular formula is C57H106N2O7P+. The topological polar surface area (TPSA) is 111 Å². The van der Waals surface area contributed by atoms with E-state index >= 15 is 0 Å². The molecular weight excluding hydrogens is 856 g/mol. The number of rotatable bonds is 49. The molecule has 0 rings (SSSR count). The quantitative estimate of drug-likeness (QED) is 0.0156. The van der Waals surface area contributed by atoms with E-state index in [4.69, 9.17) is 13.8 Å². The Labute approximate surface area is 413 Å². The van der Waals surface area contributed by atoms with Gasteiger partial charge in [-0.25, -0.2) is 4.57 Å². The molecule has 0 aliphatic rings. The van der Waals surface area contributed by atoms with Crippen molar-refractivity contribution in [3.05, 3.63) is 60.8 Å². The van der Waals surface area contributed by atoms with Crippen molar-refractivity contribution in [1.82, 2.24) is 5.32 Å². The molecule has 2 N–H and O–H groups in total. The van der Waals surface area contributed by atoms with Gasteiger partial charge in [-0.2, -0.15) is 0 Å². The normalized spacial score (nSPS) is 14.3. The van der Waals surface area contributed by atoms with Crippen LogP contribution in [0.3, 0.4) is 0 Å². The maximum absolute atomic E-state index is 13.4. The summed E-state index contributed by atoms with van der Waals surface area (Å²) in [6.45, 7) is 6.84. The molecule has 0 heterocycles. The maximum atomic E-state index is 13.4. The third-order valence-corrected chi connectivity index (χ3v) is 13.0. The predicted octanol–water partition coefficient (Wildman–Crippen LogP) is 16.3. The lowest BCUT2D eigenvalue weighted by Crippen LogP contribution is -2.47. The van der Waals surface area contributed by atoms with Crippen molar-refractivity contribution >= 4 is 19.7 Å². The zero-order chi connectivity index (χ0) is 49.4. The van der Waals surface area contributed by atoms with Crippen LogP contribution in [-0.4, -0.2) is 74.3 Å². The second-order valence-corrected chi connectivity index (χ2v) is 21.2. The second kappa shape index (κ2) is 47.4. The first-order valence-electron chi connectivity index (χ1n) is 27.6. The number of nitrogens with one attached hydrogen (secondary N) is 1. The minimum absolute atomic E-state index is 0.0338. The molecule has 0 fully saturated rings. The highest BCUT2D eigenvalue weighted by Crippen LogP contribution is 2.43. The second-order valence-electron chi connectivity index (χ2n) is 19.8. The van der Waals surface area contributed by atoms with E-state index in [1.54, 1.807) is 0 Å². The van der Waals surface area contributed by atoms with E-state index in [0.29, 0.717) is 17.4 Å². The van der Waals surface area contributed by atoms with Gasteiger partial charge in [-0.1, -0.05) is 210 Å². The molecule has 0 aromatic carbocycles. The first kappa shape index (κ1) is 64.7. The van der Waals surface area contributed by atoms with Gasteiger partial charge in [-0.05, 0) is 76.7 Å². The van der Waals surface area contributed by atoms with Gasteiger partial charge in [0.2, 0.25) is 5.91 Å². The third-order valence-electron chi connectivity index (χ3n) is 12.0. The molecule has 0 bridgehead atoms. The molecule has 3 unspecified atom stereocenters. The highest BCUT2D eigenvalue weighted by Gasteiger charge is 2.30. The molecule has 390 valence electrons. The van der Waals surface area contributed by atoms with Crippen LogP contribution in [0.25, 0.3) is 0 Å². The van der Waals surface area contributed by atoms with Crippen LogP contribution in [0.4, 0.5) is 0 Å². The highest BCUT2D eigenvalue weighted by molar-refractivity contribution is 7.47. The minimum atomic E-state index is -4.45. The molecule has 0 spiro atoms. The van der Waals surface area contributed by atoms with E-state index < -0.39 is 20.0 Å². The van der Waals surface area contributed by atoms with Crippen molar-refractivity contribution in [1.29, 1.82) is 0 Å². The van der Waals surface area contributed by atoms with Crippen molar-refractivity contribution < 1.29 is 37.3 Å². The molecule has 0 saturated heterocycles. The van der Waals surface area contributed by atoms with Crippen LogP contribution < -0.4 is 5.32 Å². The fourth-order valence-corrected chi connectivity index (χ4v) is 8.43. The largest absolute Gasteiger partial charge is 0.472 e. The Bertz CT molecular complexity index is 1340. The number of likely N-dealkylation sites (N-methyl/N-ethyl adjacent to an activating group) is 1. The van der Waals surface area contributed by atoms with E-state index in [0.717, 1.165) is 96.3 Å². The molecule has 67 heavy (non-hydrogen) atoms. The summed E-state index contributed by atoms with van der Waals surface area (Å²) >= 11 is 0. The average Bonchev–Trinajstić information content (AvgIpc) is 3.28. The zero-order valence-electron chi connectivity index (χ0n) is 44.4. The summed E-state index contributed by atoms with van der Waals surface area (Å²) in [5, 5.41) is 3.03. The Morgan fingerprint density at radius 2 is 0.970 bits per heavy atom. The van der Waals surface area contributed by atoms with Crippen molar-refractivity contribution in [2.45, 2.75) is 251 Å². The van der Waals surface area contributed by atoms with Crippen molar-refractivity contribution in [2.24, 2.45) is 0 Å². The number of nitrogens with zero attached hydrogens (tertiary/aromatic N) is 1. The summed E-state index contributed by atoms with van der Waals surface area (Å²) < 4.78 is 30.5. The SMILES string of the molecule is CC/C=C/C=C/C=C\CCCCCCCC(=O)NC(COP(=O)(O)OCC[N+](C)(C)C)C(/C=C/CCCCCCCCCCC)OC(=O)CCCCCCCCC/C=C/CCCCCCCC. The third kappa shape index (κ3) is 48.5. The zero-order valence-corrected chi connectivity index (χ0v) is 45.3. The van der Waals surface area contributed by atoms with Crippen LogP contribution in [-0.2, 0) is 27.9 Å². The number of hydrogen-bond acceptors (Lipinski definition) is 6. The number of esters is 1. The first-order chi connectivity index (χ1) is 32.4. The Kier molecular flexibility index (Phi) is 45.8. The van der Waals surface area contributed by atoms with Crippen LogP contribution in [0.15, 0.2) is 60.8 Å². The Morgan fingerprint density at radius 1 is 0.537 bits per heavy atom. The van der Waals surface area contributed by atoms with E-state index in [1.165, 1.54) is 109 Å². The molecule has 0 saturated carbocycles. The first-order valence-corrected chi connectivity index (χ1v) is 29.1. The van der Waals surface area contributed by atoms with Gasteiger partial charge in [0.25, 0.3) is 0 Å². The minimum Gasteiger partial charge on any atom is -0.456 e. The molecule has 3 atom stereocenters. The summed E-state index contributed by atoms with van der Waals surface area (Å²) in [4.78, 5) is 37.5. The van der Waals surface area contributed by atoms with Gasteiger partial charge in [0.05, 0.1) is 33.8 Å². The number of carbonyl (C=O) groups is 2. The lowest BCUT2D eigenvalue weighted by atomic mass is 10.1. The summed E-state index contributed by atoms with van der Waals surface area (Å²) in [5.74, 6) is -0.535. The number of hydrogen-bond donors (Lipinski definition) is 2. The summed E-state index contributed by atoms with van der Waals surface area (Å²) in [6.07, 6.45) is 57.9. The van der Waals surface area contributed by atoms with E-state index in [-0.39, 0.29) is 31.5 Å². The molecule has 0 aliphatic heterocycles. The smallest absolute Gasteiger partial charge is 0.456 e. The lowest BCUT2D eigenvalue weighted by molar-refractivity contribution is -0.870.